The number of aromatic amines is 1. The number of aryl methyl sites for hydroxylation is 1. The minimum absolute atomic E-state index is 0.308. The highest BCUT2D eigenvalue weighted by Gasteiger charge is 2.20. The molecule has 3 aromatic carbocycles. The largest absolute Gasteiger partial charge is 0.462 e. The van der Waals surface area contributed by atoms with Gasteiger partial charge in [0.05, 0.1) is 23.2 Å². The van der Waals surface area contributed by atoms with Crippen LogP contribution in [-0.2, 0) is 4.74 Å². The lowest BCUT2D eigenvalue weighted by Crippen LogP contribution is -2.08. The highest BCUT2D eigenvalue weighted by Crippen LogP contribution is 2.37. The van der Waals surface area contributed by atoms with Crippen molar-refractivity contribution < 1.29 is 9.53 Å². The number of tetrazole rings is 1. The van der Waals surface area contributed by atoms with E-state index in [0.29, 0.717) is 18.0 Å². The van der Waals surface area contributed by atoms with Crippen molar-refractivity contribution in [2.75, 3.05) is 18.5 Å². The van der Waals surface area contributed by atoms with Crippen LogP contribution in [0.25, 0.3) is 39.2 Å². The van der Waals surface area contributed by atoms with Crippen molar-refractivity contribution in [2.45, 2.75) is 27.2 Å². The number of H-pyrrole nitrogens is 1. The zero-order chi connectivity index (χ0) is 25.1. The molecule has 0 spiro atoms. The number of imidazole rings is 1. The van der Waals surface area contributed by atoms with Gasteiger partial charge >= 0.3 is 5.97 Å². The number of nitrogens with one attached hydrogen (secondary N) is 2. The fourth-order valence-electron chi connectivity index (χ4n) is 4.44. The molecule has 0 atom stereocenters. The fraction of sp³-hybridized carbons (Fsp3) is 0.222. The summed E-state index contributed by atoms with van der Waals surface area (Å²) in [5.41, 5.74) is 6.75. The summed E-state index contributed by atoms with van der Waals surface area (Å²) in [5, 5.41) is 18.0. The number of carbonyl (C=O) groups excluding carboxylic acids is 1. The number of esters is 1. The number of ether oxygens (including phenoxy) is 1. The second-order valence-corrected chi connectivity index (χ2v) is 8.34. The number of hydrogen-bond donors (Lipinski definition) is 2. The second-order valence-electron chi connectivity index (χ2n) is 8.34. The summed E-state index contributed by atoms with van der Waals surface area (Å²) in [5.74, 6) is 1.02. The lowest BCUT2D eigenvalue weighted by Gasteiger charge is -2.17. The Morgan fingerprint density at radius 2 is 1.86 bits per heavy atom. The van der Waals surface area contributed by atoms with Crippen LogP contribution in [0.1, 0.15) is 36.5 Å². The molecule has 0 saturated carbocycles. The number of hydrogen-bond acceptors (Lipinski definition) is 7. The van der Waals surface area contributed by atoms with Crippen LogP contribution in [0.2, 0.25) is 0 Å². The third-order valence-corrected chi connectivity index (χ3v) is 5.98. The first-order valence-corrected chi connectivity index (χ1v) is 12.0. The fourth-order valence-corrected chi connectivity index (χ4v) is 4.44. The normalized spacial score (nSPS) is 11.1. The van der Waals surface area contributed by atoms with Crippen LogP contribution in [0.3, 0.4) is 0 Å². The maximum atomic E-state index is 12.8. The number of aromatic nitrogens is 6. The van der Waals surface area contributed by atoms with E-state index in [1.165, 1.54) is 0 Å². The van der Waals surface area contributed by atoms with Crippen LogP contribution >= 0.6 is 0 Å². The molecule has 0 fully saturated rings. The van der Waals surface area contributed by atoms with E-state index >= 15 is 0 Å². The van der Waals surface area contributed by atoms with Gasteiger partial charge in [0.15, 0.2) is 5.82 Å². The predicted octanol–water partition coefficient (Wildman–Crippen LogP) is 5.18. The van der Waals surface area contributed by atoms with Crippen LogP contribution in [0, 0.1) is 6.92 Å². The summed E-state index contributed by atoms with van der Waals surface area (Å²) in [7, 11) is 0. The summed E-state index contributed by atoms with van der Waals surface area (Å²) < 4.78 is 7.34. The smallest absolute Gasteiger partial charge is 0.340 e. The molecule has 0 bridgehead atoms. The number of anilines is 1. The molecule has 5 rings (SSSR count). The molecule has 0 aliphatic carbocycles. The van der Waals surface area contributed by atoms with Crippen molar-refractivity contribution in [3.63, 3.8) is 0 Å². The van der Waals surface area contributed by atoms with Crippen LogP contribution in [0.5, 0.6) is 0 Å². The molecule has 0 unspecified atom stereocenters. The van der Waals surface area contributed by atoms with Crippen molar-refractivity contribution >= 4 is 22.7 Å². The molecule has 2 heterocycles. The number of carbonyl (C=O) groups is 1. The average Bonchev–Trinajstić information content (AvgIpc) is 3.55. The Kier molecular flexibility index (Phi) is 6.44. The SMILES string of the molecule is CCCNc1cc(-n2c(C)nc3cccc(C(=O)OCC)c32)ccc1-c1ccccc1-c1nnn[nH]1. The van der Waals surface area contributed by atoms with E-state index in [9.17, 15) is 4.79 Å². The van der Waals surface area contributed by atoms with E-state index in [2.05, 4.69) is 51.1 Å². The van der Waals surface area contributed by atoms with E-state index in [4.69, 9.17) is 9.72 Å². The number of para-hydroxylation sites is 1. The molecule has 0 aliphatic rings. The lowest BCUT2D eigenvalue weighted by molar-refractivity contribution is 0.0528. The van der Waals surface area contributed by atoms with Gasteiger partial charge in [0.1, 0.15) is 5.82 Å². The molecule has 182 valence electrons. The Balaban J connectivity index is 1.69. The Morgan fingerprint density at radius 1 is 1.03 bits per heavy atom. The average molecular weight is 482 g/mol. The maximum Gasteiger partial charge on any atom is 0.340 e. The van der Waals surface area contributed by atoms with Crippen molar-refractivity contribution in [1.29, 1.82) is 0 Å². The van der Waals surface area contributed by atoms with Gasteiger partial charge in [-0.05, 0) is 60.5 Å². The highest BCUT2D eigenvalue weighted by atomic mass is 16.5. The molecule has 5 aromatic rings. The molecular weight excluding hydrogens is 454 g/mol. The number of fused-ring (bicyclic) bond motifs is 1. The lowest BCUT2D eigenvalue weighted by atomic mass is 9.97. The maximum absolute atomic E-state index is 12.8. The molecule has 2 aromatic heterocycles. The Bertz CT molecular complexity index is 1520. The predicted molar refractivity (Wildman–Crippen MR) is 139 cm³/mol. The summed E-state index contributed by atoms with van der Waals surface area (Å²) >= 11 is 0. The van der Waals surface area contributed by atoms with Crippen molar-refractivity contribution in [2.24, 2.45) is 0 Å². The summed E-state index contributed by atoms with van der Waals surface area (Å²) in [6.07, 6.45) is 0.970. The van der Waals surface area contributed by atoms with Gasteiger partial charge in [-0.2, -0.15) is 0 Å². The molecule has 0 aliphatic heterocycles. The minimum Gasteiger partial charge on any atom is -0.462 e. The summed E-state index contributed by atoms with van der Waals surface area (Å²) in [6.45, 7) is 6.98. The van der Waals surface area contributed by atoms with Crippen LogP contribution in [0.4, 0.5) is 5.69 Å². The highest BCUT2D eigenvalue weighted by molar-refractivity contribution is 6.03. The monoisotopic (exact) mass is 481 g/mol. The molecule has 9 heteroatoms. The first-order chi connectivity index (χ1) is 17.6. The van der Waals surface area contributed by atoms with E-state index in [-0.39, 0.29) is 5.97 Å². The Hall–Kier alpha value is -4.53. The molecule has 0 radical (unpaired) electrons. The van der Waals surface area contributed by atoms with E-state index in [1.807, 2.05) is 47.9 Å². The van der Waals surface area contributed by atoms with E-state index in [0.717, 1.165) is 57.9 Å². The van der Waals surface area contributed by atoms with Crippen LogP contribution in [-0.4, -0.2) is 49.3 Å². The molecule has 9 nitrogen and oxygen atoms in total. The van der Waals surface area contributed by atoms with Crippen LogP contribution in [0.15, 0.2) is 60.7 Å². The van der Waals surface area contributed by atoms with Gasteiger partial charge in [0.25, 0.3) is 0 Å². The standard InChI is InChI=1S/C27H27N7O2/c1-4-15-28-24-16-18(13-14-20(24)19-9-6-7-10-21(19)26-30-32-33-31-26)34-17(3)29-23-12-8-11-22(25(23)34)27(35)36-5-2/h6-14,16,28H,4-5,15H2,1-3H3,(H,30,31,32,33). The van der Waals surface area contributed by atoms with Crippen molar-refractivity contribution in [3.8, 4) is 28.2 Å². The third kappa shape index (κ3) is 4.19. The van der Waals surface area contributed by atoms with E-state index < -0.39 is 0 Å². The van der Waals surface area contributed by atoms with Crippen molar-refractivity contribution in [3.05, 3.63) is 72.1 Å². The first-order valence-electron chi connectivity index (χ1n) is 12.0. The zero-order valence-electron chi connectivity index (χ0n) is 20.4. The van der Waals surface area contributed by atoms with Gasteiger partial charge in [-0.15, -0.1) is 5.10 Å². The Labute approximate surface area is 208 Å². The molecule has 36 heavy (non-hydrogen) atoms. The van der Waals surface area contributed by atoms with Gasteiger partial charge in [-0.3, -0.25) is 4.57 Å². The number of benzene rings is 3. The molecule has 2 N–H and O–H groups in total. The quantitative estimate of drug-likeness (QED) is 0.294. The first kappa shape index (κ1) is 23.2. The second kappa shape index (κ2) is 9.99. The summed E-state index contributed by atoms with van der Waals surface area (Å²) in [6, 6.07) is 19.7. The molecular formula is C27H27N7O2. The number of nitrogens with zero attached hydrogens (tertiary/aromatic N) is 5. The Morgan fingerprint density at radius 3 is 2.61 bits per heavy atom. The minimum atomic E-state index is -0.361. The molecule has 0 amide bonds. The van der Waals surface area contributed by atoms with Gasteiger partial charge in [0.2, 0.25) is 0 Å². The molecule has 0 saturated heterocycles. The zero-order valence-corrected chi connectivity index (χ0v) is 20.4. The number of rotatable bonds is 8. The van der Waals surface area contributed by atoms with Gasteiger partial charge < -0.3 is 10.1 Å². The van der Waals surface area contributed by atoms with Crippen LogP contribution < -0.4 is 5.32 Å². The topological polar surface area (TPSA) is 111 Å². The summed E-state index contributed by atoms with van der Waals surface area (Å²) in [4.78, 5) is 17.5. The van der Waals surface area contributed by atoms with Gasteiger partial charge in [-0.1, -0.05) is 43.3 Å². The third-order valence-electron chi connectivity index (χ3n) is 5.98. The van der Waals surface area contributed by atoms with Crippen molar-refractivity contribution in [1.82, 2.24) is 30.2 Å². The van der Waals surface area contributed by atoms with Gasteiger partial charge in [0, 0.05) is 29.0 Å². The van der Waals surface area contributed by atoms with Gasteiger partial charge in [-0.25, -0.2) is 14.9 Å². The van der Waals surface area contributed by atoms with E-state index in [1.54, 1.807) is 13.0 Å².